The van der Waals surface area contributed by atoms with Crippen molar-refractivity contribution in [3.05, 3.63) is 54.1 Å². The minimum absolute atomic E-state index is 0.0127. The highest BCUT2D eigenvalue weighted by atomic mass is 16.5. The van der Waals surface area contributed by atoms with E-state index in [0.29, 0.717) is 25.3 Å². The quantitative estimate of drug-likeness (QED) is 0.798. The molecule has 1 saturated heterocycles. The first kappa shape index (κ1) is 19.7. The van der Waals surface area contributed by atoms with Crippen LogP contribution in [0, 0.1) is 0 Å². The summed E-state index contributed by atoms with van der Waals surface area (Å²) in [5.41, 5.74) is 2.42. The summed E-state index contributed by atoms with van der Waals surface area (Å²) in [5, 5.41) is 2.77. The number of hydrogen-bond donors (Lipinski definition) is 1. The van der Waals surface area contributed by atoms with Gasteiger partial charge in [0.05, 0.1) is 7.11 Å². The molecule has 1 aliphatic heterocycles. The highest BCUT2D eigenvalue weighted by molar-refractivity contribution is 5.95. The third-order valence-electron chi connectivity index (χ3n) is 4.54. The van der Waals surface area contributed by atoms with Crippen molar-refractivity contribution in [1.29, 1.82) is 0 Å². The summed E-state index contributed by atoms with van der Waals surface area (Å²) in [6, 6.07) is 15.0. The molecule has 0 aliphatic carbocycles. The van der Waals surface area contributed by atoms with Crippen molar-refractivity contribution in [2.75, 3.05) is 44.1 Å². The predicted octanol–water partition coefficient (Wildman–Crippen LogP) is 3.11. The lowest BCUT2D eigenvalue weighted by Crippen LogP contribution is -2.49. The maximum atomic E-state index is 13.0. The number of hydrogen-bond acceptors (Lipinski definition) is 4. The molecule has 7 nitrogen and oxygen atoms in total. The van der Waals surface area contributed by atoms with Crippen molar-refractivity contribution >= 4 is 23.3 Å². The van der Waals surface area contributed by atoms with Gasteiger partial charge in [-0.25, -0.2) is 4.79 Å². The third kappa shape index (κ3) is 4.80. The van der Waals surface area contributed by atoms with Crippen molar-refractivity contribution in [2.24, 2.45) is 0 Å². The Hall–Kier alpha value is -3.06. The largest absolute Gasteiger partial charge is 0.497 e. The van der Waals surface area contributed by atoms with Crippen LogP contribution in [0.25, 0.3) is 0 Å². The van der Waals surface area contributed by atoms with Gasteiger partial charge >= 0.3 is 6.03 Å². The van der Waals surface area contributed by atoms with E-state index in [4.69, 9.17) is 9.47 Å². The molecule has 0 atom stereocenters. The molecule has 0 bridgehead atoms. The van der Waals surface area contributed by atoms with Crippen LogP contribution in [0.4, 0.5) is 16.2 Å². The summed E-state index contributed by atoms with van der Waals surface area (Å²) in [6.07, 6.45) is 0.871. The van der Waals surface area contributed by atoms with Crippen LogP contribution in [0.1, 0.15) is 12.0 Å². The smallest absolute Gasteiger partial charge is 0.324 e. The molecule has 2 aromatic rings. The zero-order valence-corrected chi connectivity index (χ0v) is 16.2. The Morgan fingerprint density at radius 3 is 2.71 bits per heavy atom. The lowest BCUT2D eigenvalue weighted by Gasteiger charge is -2.36. The van der Waals surface area contributed by atoms with Crippen LogP contribution in [0.3, 0.4) is 0 Å². The molecule has 28 heavy (non-hydrogen) atoms. The number of methoxy groups -OCH3 is 2. The van der Waals surface area contributed by atoms with Crippen LogP contribution >= 0.6 is 0 Å². The minimum Gasteiger partial charge on any atom is -0.497 e. The first-order chi connectivity index (χ1) is 13.6. The van der Waals surface area contributed by atoms with Gasteiger partial charge in [-0.2, -0.15) is 0 Å². The first-order valence-electron chi connectivity index (χ1n) is 9.19. The Kier molecular flexibility index (Phi) is 6.49. The van der Waals surface area contributed by atoms with E-state index in [0.717, 1.165) is 23.4 Å². The monoisotopic (exact) mass is 383 g/mol. The average Bonchev–Trinajstić information content (AvgIpc) is 2.70. The van der Waals surface area contributed by atoms with Gasteiger partial charge in [-0.15, -0.1) is 0 Å². The fourth-order valence-corrected chi connectivity index (χ4v) is 3.24. The van der Waals surface area contributed by atoms with Crippen LogP contribution in [-0.2, 0) is 16.1 Å². The predicted molar refractivity (Wildman–Crippen MR) is 108 cm³/mol. The first-order valence-corrected chi connectivity index (χ1v) is 9.19. The van der Waals surface area contributed by atoms with E-state index in [1.165, 1.54) is 7.11 Å². The molecule has 3 rings (SSSR count). The van der Waals surface area contributed by atoms with Crippen LogP contribution in [-0.4, -0.2) is 50.8 Å². The molecule has 148 valence electrons. The second kappa shape index (κ2) is 9.23. The zero-order valence-electron chi connectivity index (χ0n) is 16.2. The van der Waals surface area contributed by atoms with Gasteiger partial charge in [0.15, 0.2) is 0 Å². The number of carbonyl (C=O) groups excluding carboxylic acids is 2. The van der Waals surface area contributed by atoms with Gasteiger partial charge < -0.3 is 19.7 Å². The summed E-state index contributed by atoms with van der Waals surface area (Å²) >= 11 is 0. The van der Waals surface area contributed by atoms with Crippen molar-refractivity contribution in [1.82, 2.24) is 4.90 Å². The second-order valence-electron chi connectivity index (χ2n) is 6.59. The minimum atomic E-state index is -0.232. The number of nitrogens with zero attached hydrogens (tertiary/aromatic N) is 2. The van der Waals surface area contributed by atoms with Gasteiger partial charge in [0.1, 0.15) is 12.4 Å². The number of rotatable bonds is 7. The summed E-state index contributed by atoms with van der Waals surface area (Å²) in [7, 11) is 3.10. The molecule has 0 aromatic heterocycles. The summed E-state index contributed by atoms with van der Waals surface area (Å²) in [4.78, 5) is 28.3. The fourth-order valence-electron chi connectivity index (χ4n) is 3.24. The van der Waals surface area contributed by atoms with Crippen LogP contribution in [0.5, 0.6) is 5.75 Å². The SMILES string of the molecule is COCC(=O)Nc1cccc(N2CCCN(Cc3cccc(OC)c3)C2=O)c1. The summed E-state index contributed by atoms with van der Waals surface area (Å²) in [6.45, 7) is 1.86. The number of anilines is 2. The summed E-state index contributed by atoms with van der Waals surface area (Å²) in [5.74, 6) is 0.544. The molecule has 0 unspecified atom stereocenters. The van der Waals surface area contributed by atoms with Crippen molar-refractivity contribution in [2.45, 2.75) is 13.0 Å². The van der Waals surface area contributed by atoms with Gasteiger partial charge in [-0.1, -0.05) is 18.2 Å². The number of urea groups is 1. The van der Waals surface area contributed by atoms with Crippen molar-refractivity contribution in [3.8, 4) is 5.75 Å². The molecule has 1 fully saturated rings. The molecule has 0 saturated carbocycles. The molecule has 1 N–H and O–H groups in total. The number of amides is 3. The molecule has 7 heteroatoms. The second-order valence-corrected chi connectivity index (χ2v) is 6.59. The lowest BCUT2D eigenvalue weighted by atomic mass is 10.1. The Bertz CT molecular complexity index is 840. The molecule has 0 spiro atoms. The standard InChI is InChI=1S/C21H25N3O4/c1-27-15-20(25)22-17-7-4-8-18(13-17)24-11-5-10-23(21(24)26)14-16-6-3-9-19(12-16)28-2/h3-4,6-9,12-13H,5,10-11,14-15H2,1-2H3,(H,22,25). The average molecular weight is 383 g/mol. The molecule has 1 aliphatic rings. The highest BCUT2D eigenvalue weighted by Gasteiger charge is 2.27. The van der Waals surface area contributed by atoms with Crippen LogP contribution in [0.2, 0.25) is 0 Å². The van der Waals surface area contributed by atoms with Gasteiger partial charge in [0, 0.05) is 38.1 Å². The number of carbonyl (C=O) groups is 2. The Morgan fingerprint density at radius 1 is 1.11 bits per heavy atom. The van der Waals surface area contributed by atoms with Crippen LogP contribution < -0.4 is 15.0 Å². The highest BCUT2D eigenvalue weighted by Crippen LogP contribution is 2.25. The maximum Gasteiger partial charge on any atom is 0.324 e. The molecule has 3 amide bonds. The lowest BCUT2D eigenvalue weighted by molar-refractivity contribution is -0.119. The van der Waals surface area contributed by atoms with Gasteiger partial charge in [-0.3, -0.25) is 9.69 Å². The molecular weight excluding hydrogens is 358 g/mol. The van der Waals surface area contributed by atoms with E-state index in [-0.39, 0.29) is 18.5 Å². The van der Waals surface area contributed by atoms with Gasteiger partial charge in [0.2, 0.25) is 5.91 Å². The van der Waals surface area contributed by atoms with E-state index >= 15 is 0 Å². The van der Waals surface area contributed by atoms with Crippen LogP contribution in [0.15, 0.2) is 48.5 Å². The van der Waals surface area contributed by atoms with Gasteiger partial charge in [-0.05, 0) is 42.3 Å². The van der Waals surface area contributed by atoms with E-state index in [9.17, 15) is 9.59 Å². The molecule has 2 aromatic carbocycles. The Balaban J connectivity index is 1.72. The molecule has 1 heterocycles. The number of ether oxygens (including phenoxy) is 2. The van der Waals surface area contributed by atoms with E-state index in [2.05, 4.69) is 5.32 Å². The summed E-state index contributed by atoms with van der Waals surface area (Å²) < 4.78 is 10.1. The van der Waals surface area contributed by atoms with Crippen molar-refractivity contribution < 1.29 is 19.1 Å². The molecule has 0 radical (unpaired) electrons. The maximum absolute atomic E-state index is 13.0. The van der Waals surface area contributed by atoms with Crippen molar-refractivity contribution in [3.63, 3.8) is 0 Å². The number of benzene rings is 2. The topological polar surface area (TPSA) is 71.1 Å². The zero-order chi connectivity index (χ0) is 19.9. The van der Waals surface area contributed by atoms with E-state index in [1.807, 2.05) is 41.3 Å². The van der Waals surface area contributed by atoms with Gasteiger partial charge in [0.25, 0.3) is 0 Å². The fraction of sp³-hybridized carbons (Fsp3) is 0.333. The Labute approximate surface area is 164 Å². The number of nitrogens with one attached hydrogen (secondary N) is 1. The van der Waals surface area contributed by atoms with E-state index < -0.39 is 0 Å². The molecular formula is C21H25N3O4. The Morgan fingerprint density at radius 2 is 1.93 bits per heavy atom. The third-order valence-corrected chi connectivity index (χ3v) is 4.54. The normalized spacial score (nSPS) is 14.1. The van der Waals surface area contributed by atoms with E-state index in [1.54, 1.807) is 24.1 Å².